The number of hydrogen-bond acceptors (Lipinski definition) is 2. The summed E-state index contributed by atoms with van der Waals surface area (Å²) in [6, 6.07) is -1.36. The molecule has 64 valence electrons. The summed E-state index contributed by atoms with van der Waals surface area (Å²) in [4.78, 5) is 20.6. The molecule has 0 aliphatic rings. The number of hydrogen-bond donors (Lipinski definition) is 1. The average Bonchev–Trinajstić information content (AvgIpc) is 1.98. The van der Waals surface area contributed by atoms with Crippen LogP contribution < -0.4 is 5.32 Å². The van der Waals surface area contributed by atoms with Crippen LogP contribution in [-0.2, 0) is 9.59 Å². The van der Waals surface area contributed by atoms with Gasteiger partial charge in [0.2, 0.25) is 5.91 Å². The van der Waals surface area contributed by atoms with Crippen molar-refractivity contribution < 1.29 is 14.0 Å². The number of halogens is 1. The third kappa shape index (κ3) is 4.47. The Morgan fingerprint density at radius 3 is 2.45 bits per heavy atom. The van der Waals surface area contributed by atoms with Gasteiger partial charge in [-0.3, -0.25) is 9.59 Å². The summed E-state index contributed by atoms with van der Waals surface area (Å²) >= 11 is 0. The first-order valence-corrected chi connectivity index (χ1v) is 3.48. The molecule has 0 saturated carbocycles. The zero-order valence-electron chi connectivity index (χ0n) is 6.69. The standard InChI is InChI=1S/C7H12FNO2/c1-5(7(11)9-2)3-4-6(8)10/h5H,3-4H2,1-2H3,(H,9,11). The van der Waals surface area contributed by atoms with E-state index in [1.807, 2.05) is 0 Å². The molecule has 1 unspecified atom stereocenters. The van der Waals surface area contributed by atoms with Gasteiger partial charge in [-0.15, -0.1) is 0 Å². The van der Waals surface area contributed by atoms with Gasteiger partial charge in [0.05, 0.1) is 0 Å². The Morgan fingerprint density at radius 2 is 2.09 bits per heavy atom. The normalized spacial score (nSPS) is 12.3. The lowest BCUT2D eigenvalue weighted by atomic mass is 10.1. The maximum absolute atomic E-state index is 11.7. The van der Waals surface area contributed by atoms with Crippen LogP contribution in [0.2, 0.25) is 0 Å². The van der Waals surface area contributed by atoms with Crippen molar-refractivity contribution in [1.82, 2.24) is 5.32 Å². The van der Waals surface area contributed by atoms with Gasteiger partial charge in [-0.1, -0.05) is 6.92 Å². The largest absolute Gasteiger partial charge is 0.359 e. The van der Waals surface area contributed by atoms with E-state index in [2.05, 4.69) is 5.32 Å². The minimum Gasteiger partial charge on any atom is -0.359 e. The van der Waals surface area contributed by atoms with E-state index in [9.17, 15) is 14.0 Å². The van der Waals surface area contributed by atoms with Crippen molar-refractivity contribution in [3.8, 4) is 0 Å². The summed E-state index contributed by atoms with van der Waals surface area (Å²) in [5.41, 5.74) is 0. The second-order valence-electron chi connectivity index (χ2n) is 2.41. The molecule has 0 rings (SSSR count). The fourth-order valence-electron chi connectivity index (χ4n) is 0.707. The molecular weight excluding hydrogens is 149 g/mol. The van der Waals surface area contributed by atoms with Crippen molar-refractivity contribution in [2.24, 2.45) is 5.92 Å². The van der Waals surface area contributed by atoms with E-state index in [0.29, 0.717) is 0 Å². The molecule has 0 aliphatic carbocycles. The molecule has 4 heteroatoms. The van der Waals surface area contributed by atoms with Crippen LogP contribution in [0.5, 0.6) is 0 Å². The lowest BCUT2D eigenvalue weighted by molar-refractivity contribution is -0.130. The van der Waals surface area contributed by atoms with E-state index in [4.69, 9.17) is 0 Å². The van der Waals surface area contributed by atoms with Crippen LogP contribution in [0.3, 0.4) is 0 Å². The molecule has 1 atom stereocenters. The van der Waals surface area contributed by atoms with Crippen LogP contribution in [0.15, 0.2) is 0 Å². The van der Waals surface area contributed by atoms with Crippen molar-refractivity contribution in [2.75, 3.05) is 7.05 Å². The van der Waals surface area contributed by atoms with Crippen LogP contribution in [0.4, 0.5) is 4.39 Å². The fourth-order valence-corrected chi connectivity index (χ4v) is 0.707. The van der Waals surface area contributed by atoms with Gasteiger partial charge in [-0.25, -0.2) is 0 Å². The topological polar surface area (TPSA) is 46.2 Å². The number of carbonyl (C=O) groups is 2. The van der Waals surface area contributed by atoms with Crippen LogP contribution in [0.1, 0.15) is 19.8 Å². The summed E-state index contributed by atoms with van der Waals surface area (Å²) in [5, 5.41) is 2.42. The zero-order valence-corrected chi connectivity index (χ0v) is 6.69. The molecule has 0 aromatic rings. The van der Waals surface area contributed by atoms with Gasteiger partial charge in [-0.05, 0) is 6.42 Å². The molecule has 11 heavy (non-hydrogen) atoms. The number of rotatable bonds is 4. The van der Waals surface area contributed by atoms with Crippen molar-refractivity contribution in [2.45, 2.75) is 19.8 Å². The SMILES string of the molecule is CNC(=O)C(C)CCC(=O)F. The quantitative estimate of drug-likeness (QED) is 0.615. The first-order valence-electron chi connectivity index (χ1n) is 3.48. The highest BCUT2D eigenvalue weighted by Gasteiger charge is 2.12. The van der Waals surface area contributed by atoms with E-state index in [1.54, 1.807) is 6.92 Å². The van der Waals surface area contributed by atoms with Crippen LogP contribution in [0, 0.1) is 5.92 Å². The minimum atomic E-state index is -1.36. The first-order chi connectivity index (χ1) is 5.07. The Kier molecular flexibility index (Phi) is 4.41. The molecule has 0 spiro atoms. The molecule has 0 aromatic heterocycles. The summed E-state index contributed by atoms with van der Waals surface area (Å²) in [6.07, 6.45) is 0.101. The lowest BCUT2D eigenvalue weighted by Gasteiger charge is -2.06. The van der Waals surface area contributed by atoms with Crippen LogP contribution >= 0.6 is 0 Å². The number of carbonyl (C=O) groups excluding carboxylic acids is 2. The van der Waals surface area contributed by atoms with E-state index in [0.717, 1.165) is 0 Å². The predicted molar refractivity (Wildman–Crippen MR) is 38.6 cm³/mol. The summed E-state index contributed by atoms with van der Waals surface area (Å²) < 4.78 is 11.7. The van der Waals surface area contributed by atoms with Crippen LogP contribution in [-0.4, -0.2) is 19.0 Å². The summed E-state index contributed by atoms with van der Waals surface area (Å²) in [5.74, 6) is -0.453. The molecule has 0 fully saturated rings. The molecule has 0 aromatic carbocycles. The number of amides is 1. The predicted octanol–water partition coefficient (Wildman–Crippen LogP) is 0.645. The summed E-state index contributed by atoms with van der Waals surface area (Å²) in [7, 11) is 1.51. The Morgan fingerprint density at radius 1 is 1.55 bits per heavy atom. The van der Waals surface area contributed by atoms with Gasteiger partial charge in [0.1, 0.15) is 0 Å². The molecule has 1 N–H and O–H groups in total. The van der Waals surface area contributed by atoms with Gasteiger partial charge < -0.3 is 5.32 Å². The second kappa shape index (κ2) is 4.82. The van der Waals surface area contributed by atoms with Crippen LogP contribution in [0.25, 0.3) is 0 Å². The molecule has 3 nitrogen and oxygen atoms in total. The molecule has 0 heterocycles. The molecule has 0 saturated heterocycles. The highest BCUT2D eigenvalue weighted by atomic mass is 19.1. The minimum absolute atomic E-state index is 0.161. The molecular formula is C7H12FNO2. The van der Waals surface area contributed by atoms with E-state index >= 15 is 0 Å². The fraction of sp³-hybridized carbons (Fsp3) is 0.714. The van der Waals surface area contributed by atoms with Crippen molar-refractivity contribution in [1.29, 1.82) is 0 Å². The molecule has 0 aliphatic heterocycles. The first kappa shape index (κ1) is 10.1. The molecule has 0 radical (unpaired) electrons. The Bertz CT molecular complexity index is 159. The average molecular weight is 161 g/mol. The smallest absolute Gasteiger partial charge is 0.301 e. The van der Waals surface area contributed by atoms with Crippen molar-refractivity contribution >= 4 is 11.9 Å². The van der Waals surface area contributed by atoms with Gasteiger partial charge in [0.15, 0.2) is 0 Å². The van der Waals surface area contributed by atoms with Gasteiger partial charge in [-0.2, -0.15) is 4.39 Å². The Hall–Kier alpha value is -0.930. The third-order valence-electron chi connectivity index (χ3n) is 1.47. The lowest BCUT2D eigenvalue weighted by Crippen LogP contribution is -2.25. The monoisotopic (exact) mass is 161 g/mol. The van der Waals surface area contributed by atoms with Gasteiger partial charge in [0.25, 0.3) is 0 Å². The Balaban J connectivity index is 3.60. The maximum Gasteiger partial charge on any atom is 0.301 e. The highest BCUT2D eigenvalue weighted by molar-refractivity contribution is 5.78. The van der Waals surface area contributed by atoms with Gasteiger partial charge >= 0.3 is 6.04 Å². The van der Waals surface area contributed by atoms with Gasteiger partial charge in [0, 0.05) is 19.4 Å². The van der Waals surface area contributed by atoms with Crippen molar-refractivity contribution in [3.05, 3.63) is 0 Å². The molecule has 1 amide bonds. The number of nitrogens with one attached hydrogen (secondary N) is 1. The maximum atomic E-state index is 11.7. The zero-order chi connectivity index (χ0) is 8.85. The van der Waals surface area contributed by atoms with Crippen molar-refractivity contribution in [3.63, 3.8) is 0 Å². The van der Waals surface area contributed by atoms with E-state index in [1.165, 1.54) is 7.05 Å². The third-order valence-corrected chi connectivity index (χ3v) is 1.47. The second-order valence-corrected chi connectivity index (χ2v) is 2.41. The Labute approximate surface area is 65.0 Å². The highest BCUT2D eigenvalue weighted by Crippen LogP contribution is 2.05. The van der Waals surface area contributed by atoms with E-state index < -0.39 is 6.04 Å². The summed E-state index contributed by atoms with van der Waals surface area (Å²) in [6.45, 7) is 1.65. The van der Waals surface area contributed by atoms with E-state index in [-0.39, 0.29) is 24.7 Å². The molecule has 0 bridgehead atoms.